The van der Waals surface area contributed by atoms with Crippen molar-refractivity contribution in [1.29, 1.82) is 0 Å². The molecule has 0 aromatic carbocycles. The minimum absolute atomic E-state index is 0.326. The van der Waals surface area contributed by atoms with Crippen molar-refractivity contribution in [3.05, 3.63) is 15.8 Å². The molecule has 0 aliphatic rings. The molecule has 1 heterocycles. The summed E-state index contributed by atoms with van der Waals surface area (Å²) in [6.07, 6.45) is 0. The Hall–Kier alpha value is -0.440. The Bertz CT molecular complexity index is 175. The number of aromatic nitrogens is 1. The minimum Gasteiger partial charge on any atom is -0.213 e. The third-order valence-corrected chi connectivity index (χ3v) is 1.71. The van der Waals surface area contributed by atoms with Gasteiger partial charge in [-0.05, 0) is 13.8 Å². The van der Waals surface area contributed by atoms with E-state index in [4.69, 9.17) is 0 Å². The number of halogens is 1. The van der Waals surface area contributed by atoms with Crippen LogP contribution in [0, 0.1) is 19.8 Å². The summed E-state index contributed by atoms with van der Waals surface area (Å²) in [6, 6.07) is 0. The van der Waals surface area contributed by atoms with Gasteiger partial charge in [0.05, 0.1) is 9.88 Å². The Balaban J connectivity index is 3.14. The second-order valence-electron chi connectivity index (χ2n) is 1.58. The van der Waals surface area contributed by atoms with Crippen LogP contribution in [-0.4, -0.2) is 4.98 Å². The lowest BCUT2D eigenvalue weighted by Crippen LogP contribution is -1.72. The zero-order chi connectivity index (χ0) is 6.15. The molecule has 0 unspecified atom stereocenters. The van der Waals surface area contributed by atoms with Crippen molar-refractivity contribution in [1.82, 2.24) is 4.98 Å². The van der Waals surface area contributed by atoms with E-state index in [0.717, 1.165) is 5.01 Å². The Morgan fingerprint density at radius 3 is 2.25 bits per heavy atom. The Morgan fingerprint density at radius 2 is 2.12 bits per heavy atom. The molecule has 0 amide bonds. The van der Waals surface area contributed by atoms with Gasteiger partial charge in [0.25, 0.3) is 0 Å². The van der Waals surface area contributed by atoms with Gasteiger partial charge in [0.2, 0.25) is 5.95 Å². The van der Waals surface area contributed by atoms with Crippen LogP contribution in [0.15, 0.2) is 0 Å². The first-order valence-electron chi connectivity index (χ1n) is 2.29. The maximum absolute atomic E-state index is 12.2. The molecule has 0 aliphatic heterocycles. The molecule has 44 valence electrons. The summed E-state index contributed by atoms with van der Waals surface area (Å²) in [4.78, 5) is 4.23. The summed E-state index contributed by atoms with van der Waals surface area (Å²) in [6.45, 7) is 3.51. The largest absolute Gasteiger partial charge is 0.226 e. The zero-order valence-electron chi connectivity index (χ0n) is 4.73. The third kappa shape index (κ3) is 0.865. The van der Waals surface area contributed by atoms with Crippen molar-refractivity contribution in [3.63, 3.8) is 0 Å². The van der Waals surface area contributed by atoms with Gasteiger partial charge in [0.15, 0.2) is 0 Å². The van der Waals surface area contributed by atoms with E-state index in [1.807, 2.05) is 0 Å². The molecule has 0 atom stereocenters. The molecule has 3 heteroatoms. The van der Waals surface area contributed by atoms with Crippen LogP contribution in [0.2, 0.25) is 0 Å². The van der Waals surface area contributed by atoms with Crippen molar-refractivity contribution < 1.29 is 4.39 Å². The van der Waals surface area contributed by atoms with Gasteiger partial charge in [-0.1, -0.05) is 0 Å². The topological polar surface area (TPSA) is 12.9 Å². The molecule has 1 nitrogen and oxygen atoms in total. The fourth-order valence-corrected chi connectivity index (χ4v) is 1.20. The molecule has 1 aromatic heterocycles. The van der Waals surface area contributed by atoms with E-state index in [0.29, 0.717) is 4.88 Å². The first-order chi connectivity index (χ1) is 3.70. The average molecular weight is 131 g/mol. The average Bonchev–Trinajstić information content (AvgIpc) is 1.85. The Kier molecular flexibility index (Phi) is 1.29. The molecule has 0 saturated carbocycles. The molecule has 0 aliphatic carbocycles. The van der Waals surface area contributed by atoms with Gasteiger partial charge in [0.1, 0.15) is 0 Å². The standard InChI is InChI=1S/C5H6FNS/c1-3-5(6)7-4(2)8-3/h1-2H3. The second-order valence-corrected chi connectivity index (χ2v) is 2.99. The van der Waals surface area contributed by atoms with E-state index in [2.05, 4.69) is 4.98 Å². The number of thiazole rings is 1. The van der Waals surface area contributed by atoms with Gasteiger partial charge < -0.3 is 0 Å². The van der Waals surface area contributed by atoms with Crippen LogP contribution in [-0.2, 0) is 0 Å². The lowest BCUT2D eigenvalue weighted by Gasteiger charge is -1.72. The molecule has 0 fully saturated rings. The summed E-state index contributed by atoms with van der Waals surface area (Å²) in [5.74, 6) is -0.326. The molecule has 1 rings (SSSR count). The summed E-state index contributed by atoms with van der Waals surface area (Å²) < 4.78 is 12.2. The zero-order valence-corrected chi connectivity index (χ0v) is 5.55. The van der Waals surface area contributed by atoms with Gasteiger partial charge in [-0.15, -0.1) is 11.3 Å². The molecular weight excluding hydrogens is 125 g/mol. The van der Waals surface area contributed by atoms with Gasteiger partial charge in [0, 0.05) is 0 Å². The summed E-state index contributed by atoms with van der Waals surface area (Å²) in [5.41, 5.74) is 0. The molecular formula is C5H6FNS. The quantitative estimate of drug-likeness (QED) is 0.524. The first-order valence-corrected chi connectivity index (χ1v) is 3.11. The van der Waals surface area contributed by atoms with Crippen molar-refractivity contribution in [2.75, 3.05) is 0 Å². The molecule has 0 bridgehead atoms. The fourth-order valence-electron chi connectivity index (χ4n) is 0.503. The summed E-state index contributed by atoms with van der Waals surface area (Å²) in [5, 5.41) is 0.792. The smallest absolute Gasteiger partial charge is 0.213 e. The van der Waals surface area contributed by atoms with Gasteiger partial charge in [-0.3, -0.25) is 0 Å². The lowest BCUT2D eigenvalue weighted by atomic mass is 10.6. The molecule has 0 spiro atoms. The highest BCUT2D eigenvalue weighted by atomic mass is 32.1. The van der Waals surface area contributed by atoms with Crippen LogP contribution in [0.1, 0.15) is 9.88 Å². The number of hydrogen-bond acceptors (Lipinski definition) is 2. The maximum Gasteiger partial charge on any atom is 0.226 e. The summed E-state index contributed by atoms with van der Waals surface area (Å²) >= 11 is 1.38. The summed E-state index contributed by atoms with van der Waals surface area (Å²) in [7, 11) is 0. The molecule has 0 saturated heterocycles. The van der Waals surface area contributed by atoms with Crippen molar-refractivity contribution in [2.45, 2.75) is 13.8 Å². The van der Waals surface area contributed by atoms with E-state index in [1.54, 1.807) is 13.8 Å². The predicted molar refractivity (Wildman–Crippen MR) is 31.5 cm³/mol. The highest BCUT2D eigenvalue weighted by molar-refractivity contribution is 7.11. The maximum atomic E-state index is 12.2. The van der Waals surface area contributed by atoms with E-state index in [1.165, 1.54) is 11.3 Å². The SMILES string of the molecule is Cc1nc(F)c(C)s1. The highest BCUT2D eigenvalue weighted by Crippen LogP contribution is 2.13. The van der Waals surface area contributed by atoms with E-state index >= 15 is 0 Å². The van der Waals surface area contributed by atoms with Crippen LogP contribution in [0.25, 0.3) is 0 Å². The fraction of sp³-hybridized carbons (Fsp3) is 0.400. The van der Waals surface area contributed by atoms with E-state index in [9.17, 15) is 4.39 Å². The van der Waals surface area contributed by atoms with Crippen LogP contribution in [0.4, 0.5) is 4.39 Å². The molecule has 8 heavy (non-hydrogen) atoms. The second kappa shape index (κ2) is 1.82. The van der Waals surface area contributed by atoms with Gasteiger partial charge in [-0.2, -0.15) is 4.39 Å². The van der Waals surface area contributed by atoms with Crippen molar-refractivity contribution in [2.24, 2.45) is 0 Å². The van der Waals surface area contributed by atoms with Crippen LogP contribution in [0.3, 0.4) is 0 Å². The Labute approximate surface area is 51.2 Å². The lowest BCUT2D eigenvalue weighted by molar-refractivity contribution is 0.582. The minimum atomic E-state index is -0.326. The number of nitrogens with zero attached hydrogens (tertiary/aromatic N) is 1. The third-order valence-electron chi connectivity index (χ3n) is 0.847. The van der Waals surface area contributed by atoms with Crippen molar-refractivity contribution >= 4 is 11.3 Å². The molecule has 1 aromatic rings. The first kappa shape index (κ1) is 5.69. The number of aryl methyl sites for hydroxylation is 2. The number of rotatable bonds is 0. The monoisotopic (exact) mass is 131 g/mol. The Morgan fingerprint density at radius 1 is 1.50 bits per heavy atom. The molecule has 0 N–H and O–H groups in total. The van der Waals surface area contributed by atoms with E-state index in [-0.39, 0.29) is 5.95 Å². The highest BCUT2D eigenvalue weighted by Gasteiger charge is 2.00. The normalized spacial score (nSPS) is 9.88. The molecule has 0 radical (unpaired) electrons. The van der Waals surface area contributed by atoms with Gasteiger partial charge >= 0.3 is 0 Å². The number of hydrogen-bond donors (Lipinski definition) is 0. The van der Waals surface area contributed by atoms with Crippen LogP contribution in [0.5, 0.6) is 0 Å². The van der Waals surface area contributed by atoms with Gasteiger partial charge in [-0.25, -0.2) is 4.98 Å². The van der Waals surface area contributed by atoms with Crippen LogP contribution >= 0.6 is 11.3 Å². The van der Waals surface area contributed by atoms with E-state index < -0.39 is 0 Å². The predicted octanol–water partition coefficient (Wildman–Crippen LogP) is 1.90. The van der Waals surface area contributed by atoms with Crippen LogP contribution < -0.4 is 0 Å². The van der Waals surface area contributed by atoms with Crippen molar-refractivity contribution in [3.8, 4) is 0 Å².